The molecule has 0 spiro atoms. The van der Waals surface area contributed by atoms with Crippen LogP contribution in [0.15, 0.2) is 68.6 Å². The van der Waals surface area contributed by atoms with Crippen molar-refractivity contribution >= 4 is 49.8 Å². The molecular weight excluding hydrogens is 418 g/mol. The van der Waals surface area contributed by atoms with Gasteiger partial charge >= 0.3 is 0 Å². The van der Waals surface area contributed by atoms with Crippen molar-refractivity contribution in [2.45, 2.75) is 0 Å². The molecule has 0 unspecified atom stereocenters. The number of ketones is 1. The topological polar surface area (TPSA) is 29.1 Å². The lowest BCUT2D eigenvalue weighted by Crippen LogP contribution is -2.32. The van der Waals surface area contributed by atoms with E-state index in [4.69, 9.17) is 0 Å². The van der Waals surface area contributed by atoms with Gasteiger partial charge in [0.15, 0.2) is 5.78 Å². The molecule has 4 heteroatoms. The van der Waals surface area contributed by atoms with Gasteiger partial charge in [-0.1, -0.05) is 56.1 Å². The van der Waals surface area contributed by atoms with Crippen molar-refractivity contribution in [3.8, 4) is 0 Å². The summed E-state index contributed by atoms with van der Waals surface area (Å²) >= 11 is 6.84. The second-order valence-electron chi connectivity index (χ2n) is 5.37. The minimum absolute atomic E-state index is 0.120. The van der Waals surface area contributed by atoms with Gasteiger partial charge in [-0.25, -0.2) is 0 Å². The van der Waals surface area contributed by atoms with Gasteiger partial charge < -0.3 is 5.32 Å². The molecule has 1 heterocycles. The van der Waals surface area contributed by atoms with Crippen LogP contribution < -0.4 is 5.32 Å². The Morgan fingerprint density at radius 3 is 1.52 bits per heavy atom. The predicted molar refractivity (Wildman–Crippen MR) is 102 cm³/mol. The summed E-state index contributed by atoms with van der Waals surface area (Å²) in [6.07, 6.45) is 3.91. The average Bonchev–Trinajstić information content (AvgIpc) is 2.55. The molecule has 3 rings (SSSR count). The highest BCUT2D eigenvalue weighted by Crippen LogP contribution is 2.19. The Morgan fingerprint density at radius 2 is 1.13 bits per heavy atom. The summed E-state index contributed by atoms with van der Waals surface area (Å²) < 4.78 is 2.06. The van der Waals surface area contributed by atoms with Gasteiger partial charge in [0.1, 0.15) is 0 Å². The first kappa shape index (κ1) is 16.4. The molecule has 1 aliphatic heterocycles. The van der Waals surface area contributed by atoms with Crippen LogP contribution in [0, 0.1) is 0 Å². The third-order valence-corrected chi connectivity index (χ3v) is 4.69. The van der Waals surface area contributed by atoms with E-state index in [2.05, 4.69) is 37.2 Å². The van der Waals surface area contributed by atoms with E-state index in [1.807, 2.05) is 60.7 Å². The zero-order valence-electron chi connectivity index (χ0n) is 12.4. The molecule has 0 aliphatic carbocycles. The smallest absolute Gasteiger partial charge is 0.187 e. The van der Waals surface area contributed by atoms with Gasteiger partial charge in [0, 0.05) is 33.2 Å². The van der Waals surface area contributed by atoms with Gasteiger partial charge in [-0.3, -0.25) is 4.79 Å². The van der Waals surface area contributed by atoms with E-state index in [1.165, 1.54) is 0 Å². The molecule has 0 radical (unpaired) electrons. The molecule has 2 nitrogen and oxygen atoms in total. The Balaban J connectivity index is 1.86. The van der Waals surface area contributed by atoms with E-state index in [0.29, 0.717) is 13.1 Å². The van der Waals surface area contributed by atoms with Crippen LogP contribution in [0.1, 0.15) is 11.1 Å². The third kappa shape index (κ3) is 4.28. The summed E-state index contributed by atoms with van der Waals surface area (Å²) in [6, 6.07) is 15.9. The molecule has 2 aromatic rings. The number of piperidine rings is 1. The number of hydrogen-bond donors (Lipinski definition) is 1. The van der Waals surface area contributed by atoms with Gasteiger partial charge in [-0.2, -0.15) is 0 Å². The van der Waals surface area contributed by atoms with Crippen LogP contribution in [0.3, 0.4) is 0 Å². The van der Waals surface area contributed by atoms with Gasteiger partial charge in [0.2, 0.25) is 0 Å². The van der Waals surface area contributed by atoms with E-state index in [1.54, 1.807) is 0 Å². The fourth-order valence-corrected chi connectivity index (χ4v) is 2.98. The largest absolute Gasteiger partial charge is 0.308 e. The van der Waals surface area contributed by atoms with Crippen molar-refractivity contribution in [3.05, 3.63) is 79.7 Å². The SMILES string of the molecule is O=C1/C(=C\c2ccc(Br)cc2)CNC/C1=C/c1ccc(Br)cc1. The van der Waals surface area contributed by atoms with Gasteiger partial charge in [-0.05, 0) is 47.5 Å². The van der Waals surface area contributed by atoms with E-state index in [9.17, 15) is 4.79 Å². The molecule has 1 N–H and O–H groups in total. The summed E-state index contributed by atoms with van der Waals surface area (Å²) in [4.78, 5) is 12.7. The first-order valence-corrected chi connectivity index (χ1v) is 8.88. The van der Waals surface area contributed by atoms with Crippen molar-refractivity contribution < 1.29 is 4.79 Å². The van der Waals surface area contributed by atoms with Crippen LogP contribution in [0.5, 0.6) is 0 Å². The summed E-state index contributed by atoms with van der Waals surface area (Å²) in [5.74, 6) is 0.120. The number of carbonyl (C=O) groups is 1. The van der Waals surface area contributed by atoms with Gasteiger partial charge in [0.25, 0.3) is 0 Å². The minimum Gasteiger partial charge on any atom is -0.308 e. The molecule has 0 aromatic heterocycles. The molecule has 2 aromatic carbocycles. The maximum Gasteiger partial charge on any atom is 0.187 e. The number of halogens is 2. The molecule has 0 amide bonds. The van der Waals surface area contributed by atoms with Crippen molar-refractivity contribution in [2.75, 3.05) is 13.1 Å². The van der Waals surface area contributed by atoms with Crippen molar-refractivity contribution in [1.82, 2.24) is 5.32 Å². The van der Waals surface area contributed by atoms with E-state index < -0.39 is 0 Å². The van der Waals surface area contributed by atoms with Crippen LogP contribution >= 0.6 is 31.9 Å². The Labute approximate surface area is 152 Å². The highest BCUT2D eigenvalue weighted by Gasteiger charge is 2.19. The van der Waals surface area contributed by atoms with E-state index in [-0.39, 0.29) is 5.78 Å². The normalized spacial score (nSPS) is 18.6. The quantitative estimate of drug-likeness (QED) is 0.687. The van der Waals surface area contributed by atoms with Gasteiger partial charge in [0.05, 0.1) is 0 Å². The lowest BCUT2D eigenvalue weighted by Gasteiger charge is -2.18. The zero-order chi connectivity index (χ0) is 16.2. The van der Waals surface area contributed by atoms with Crippen LogP contribution in [0.4, 0.5) is 0 Å². The second kappa shape index (κ2) is 7.39. The van der Waals surface area contributed by atoms with Crippen LogP contribution in [0.2, 0.25) is 0 Å². The maximum absolute atomic E-state index is 12.7. The van der Waals surface area contributed by atoms with Crippen molar-refractivity contribution in [2.24, 2.45) is 0 Å². The lowest BCUT2D eigenvalue weighted by molar-refractivity contribution is -0.112. The Bertz CT molecular complexity index is 709. The zero-order valence-corrected chi connectivity index (χ0v) is 15.5. The summed E-state index contributed by atoms with van der Waals surface area (Å²) in [7, 11) is 0. The number of rotatable bonds is 2. The molecule has 23 heavy (non-hydrogen) atoms. The highest BCUT2D eigenvalue weighted by atomic mass is 79.9. The number of Topliss-reactive ketones (excluding diaryl/α,β-unsaturated/α-hetero) is 1. The standard InChI is InChI=1S/C19H15Br2NO/c20-17-5-1-13(2-6-17)9-15-11-22-12-16(19(15)23)10-14-3-7-18(21)8-4-14/h1-10,22H,11-12H2/b15-9-,16-10-. The monoisotopic (exact) mass is 431 g/mol. The Morgan fingerprint density at radius 1 is 0.739 bits per heavy atom. The summed E-state index contributed by atoms with van der Waals surface area (Å²) in [5.41, 5.74) is 3.65. The molecular formula is C19H15Br2NO. The Kier molecular flexibility index (Phi) is 5.26. The highest BCUT2D eigenvalue weighted by molar-refractivity contribution is 9.10. The van der Waals surface area contributed by atoms with E-state index in [0.717, 1.165) is 31.2 Å². The van der Waals surface area contributed by atoms with E-state index >= 15 is 0 Å². The van der Waals surface area contributed by atoms with Gasteiger partial charge in [-0.15, -0.1) is 0 Å². The number of nitrogens with one attached hydrogen (secondary N) is 1. The molecule has 1 saturated heterocycles. The van der Waals surface area contributed by atoms with Crippen molar-refractivity contribution in [1.29, 1.82) is 0 Å². The molecule has 116 valence electrons. The molecule has 0 saturated carbocycles. The average molecular weight is 433 g/mol. The number of benzene rings is 2. The molecule has 0 atom stereocenters. The molecule has 0 bridgehead atoms. The Hall–Kier alpha value is -1.49. The first-order chi connectivity index (χ1) is 11.1. The predicted octanol–water partition coefficient (Wildman–Crippen LogP) is 4.85. The van der Waals surface area contributed by atoms with Crippen molar-refractivity contribution in [3.63, 3.8) is 0 Å². The minimum atomic E-state index is 0.120. The molecule has 1 fully saturated rings. The number of carbonyl (C=O) groups excluding carboxylic acids is 1. The molecule has 1 aliphatic rings. The second-order valence-corrected chi connectivity index (χ2v) is 7.21. The van der Waals surface area contributed by atoms with Crippen LogP contribution in [0.25, 0.3) is 12.2 Å². The third-order valence-electron chi connectivity index (χ3n) is 3.64. The van der Waals surface area contributed by atoms with Crippen LogP contribution in [-0.4, -0.2) is 18.9 Å². The maximum atomic E-state index is 12.7. The first-order valence-electron chi connectivity index (χ1n) is 7.29. The number of hydrogen-bond acceptors (Lipinski definition) is 2. The lowest BCUT2D eigenvalue weighted by atomic mass is 9.96. The van der Waals surface area contributed by atoms with Crippen LogP contribution in [-0.2, 0) is 4.79 Å². The summed E-state index contributed by atoms with van der Waals surface area (Å²) in [6.45, 7) is 1.21. The fraction of sp³-hybridized carbons (Fsp3) is 0.105. The fourth-order valence-electron chi connectivity index (χ4n) is 2.45. The summed E-state index contributed by atoms with van der Waals surface area (Å²) in [5, 5.41) is 3.30.